The van der Waals surface area contributed by atoms with Crippen molar-refractivity contribution in [2.75, 3.05) is 54.1 Å². The number of ether oxygens (including phenoxy) is 2. The number of esters is 1. The van der Waals surface area contributed by atoms with Crippen LogP contribution in [0.5, 0.6) is 0 Å². The molecule has 9 heteroatoms. The number of phosphoric acid groups is 1. The molecule has 0 bridgehead atoms. The smallest absolute Gasteiger partial charge is 0.306 e. The Labute approximate surface area is 313 Å². The third kappa shape index (κ3) is 39.2. The molecule has 51 heavy (non-hydrogen) atoms. The lowest BCUT2D eigenvalue weighted by Gasteiger charge is -2.28. The molecule has 0 heterocycles. The van der Waals surface area contributed by atoms with Crippen LogP contribution < -0.4 is 4.89 Å². The van der Waals surface area contributed by atoms with E-state index in [9.17, 15) is 14.3 Å². The molecule has 0 radical (unpaired) electrons. The molecule has 0 spiro atoms. The van der Waals surface area contributed by atoms with Gasteiger partial charge in [-0.25, -0.2) is 0 Å². The number of quaternary nitrogens is 1. The Morgan fingerprint density at radius 2 is 1.14 bits per heavy atom. The van der Waals surface area contributed by atoms with Gasteiger partial charge in [-0.05, 0) is 70.6 Å². The maximum atomic E-state index is 12.6. The molecule has 0 aromatic rings. The second kappa shape index (κ2) is 35.2. The van der Waals surface area contributed by atoms with E-state index in [0.29, 0.717) is 24.1 Å². The fraction of sp³-hybridized carbons (Fsp3) is 0.738. The first-order valence-corrected chi connectivity index (χ1v) is 21.5. The molecule has 0 N–H and O–H groups in total. The zero-order chi connectivity index (χ0) is 37.7. The van der Waals surface area contributed by atoms with Crippen LogP contribution in [0.25, 0.3) is 0 Å². The fourth-order valence-corrected chi connectivity index (χ4v) is 5.66. The quantitative estimate of drug-likeness (QED) is 0.0208. The van der Waals surface area contributed by atoms with Gasteiger partial charge in [0.15, 0.2) is 0 Å². The van der Waals surface area contributed by atoms with Crippen molar-refractivity contribution in [2.45, 2.75) is 148 Å². The Morgan fingerprint density at radius 1 is 0.627 bits per heavy atom. The van der Waals surface area contributed by atoms with Crippen LogP contribution in [0.4, 0.5) is 0 Å². The number of unbranched alkanes of at least 4 members (excludes halogenated alkanes) is 12. The van der Waals surface area contributed by atoms with E-state index in [0.717, 1.165) is 83.5 Å². The molecule has 0 rings (SSSR count). The highest BCUT2D eigenvalue weighted by atomic mass is 31.2. The summed E-state index contributed by atoms with van der Waals surface area (Å²) < 4.78 is 34.4. The average Bonchev–Trinajstić information content (AvgIpc) is 3.08. The van der Waals surface area contributed by atoms with Crippen molar-refractivity contribution in [2.24, 2.45) is 0 Å². The summed E-state index contributed by atoms with van der Waals surface area (Å²) in [4.78, 5) is 24.9. The number of carbonyl (C=O) groups is 1. The van der Waals surface area contributed by atoms with Gasteiger partial charge in [0.05, 0.1) is 34.4 Å². The topological polar surface area (TPSA) is 94.1 Å². The number of phosphoric ester groups is 1. The highest BCUT2D eigenvalue weighted by Gasteiger charge is 2.20. The third-order valence-electron chi connectivity index (χ3n) is 8.05. The normalized spacial score (nSPS) is 14.5. The van der Waals surface area contributed by atoms with Crippen molar-refractivity contribution in [1.29, 1.82) is 0 Å². The van der Waals surface area contributed by atoms with Crippen LogP contribution in [-0.4, -0.2) is 70.7 Å². The van der Waals surface area contributed by atoms with Gasteiger partial charge in [-0.15, -0.1) is 0 Å². The number of rotatable bonds is 36. The molecule has 0 aliphatic rings. The monoisotopic (exact) mass is 738 g/mol. The van der Waals surface area contributed by atoms with Crippen molar-refractivity contribution in [3.8, 4) is 0 Å². The Hall–Kier alpha value is -1.80. The standard InChI is InChI=1S/C42H76NO7P/c1-6-8-10-12-14-16-18-19-20-21-22-23-24-26-28-30-32-34-37-47-39-41(40-49-51(45,46)48-38-36-43(3,4)5)50-42(44)35-33-31-29-27-25-17-15-13-11-9-7-2/h8,10,13-16,19-20,22-23,41H,6-7,9,11-12,17-18,21,24-40H2,1-5H3/b10-8-,15-13-,16-14-,20-19-,23-22-. The number of allylic oxidation sites excluding steroid dienone is 10. The molecule has 2 atom stereocenters. The van der Waals surface area contributed by atoms with Crippen molar-refractivity contribution in [3.63, 3.8) is 0 Å². The van der Waals surface area contributed by atoms with Crippen LogP contribution in [0.2, 0.25) is 0 Å². The van der Waals surface area contributed by atoms with Gasteiger partial charge >= 0.3 is 5.97 Å². The van der Waals surface area contributed by atoms with Crippen LogP contribution in [0, 0.1) is 0 Å². The van der Waals surface area contributed by atoms with Gasteiger partial charge in [-0.1, -0.05) is 126 Å². The summed E-state index contributed by atoms with van der Waals surface area (Å²) in [7, 11) is 1.33. The van der Waals surface area contributed by atoms with Gasteiger partial charge in [-0.3, -0.25) is 9.36 Å². The molecule has 0 amide bonds. The maximum Gasteiger partial charge on any atom is 0.306 e. The summed E-state index contributed by atoms with van der Waals surface area (Å²) in [6.45, 7) is 5.18. The first kappa shape index (κ1) is 49.2. The van der Waals surface area contributed by atoms with E-state index in [1.807, 2.05) is 21.1 Å². The predicted molar refractivity (Wildman–Crippen MR) is 212 cm³/mol. The summed E-state index contributed by atoms with van der Waals surface area (Å²) in [6, 6.07) is 0. The zero-order valence-corrected chi connectivity index (χ0v) is 34.2. The number of carbonyl (C=O) groups excluding carboxylic acids is 1. The highest BCUT2D eigenvalue weighted by molar-refractivity contribution is 7.45. The van der Waals surface area contributed by atoms with Gasteiger partial charge in [0.1, 0.15) is 19.3 Å². The van der Waals surface area contributed by atoms with Crippen molar-refractivity contribution in [3.05, 3.63) is 60.8 Å². The van der Waals surface area contributed by atoms with Crippen molar-refractivity contribution >= 4 is 13.8 Å². The summed E-state index contributed by atoms with van der Waals surface area (Å²) in [5.74, 6) is -0.356. The minimum atomic E-state index is -4.53. The molecule has 0 saturated carbocycles. The Kier molecular flexibility index (Phi) is 34.0. The Morgan fingerprint density at radius 3 is 1.73 bits per heavy atom. The lowest BCUT2D eigenvalue weighted by molar-refractivity contribution is -0.870. The first-order valence-electron chi connectivity index (χ1n) is 20.0. The summed E-state index contributed by atoms with van der Waals surface area (Å²) in [5.41, 5.74) is 0. The third-order valence-corrected chi connectivity index (χ3v) is 9.02. The largest absolute Gasteiger partial charge is 0.756 e. The van der Waals surface area contributed by atoms with Crippen LogP contribution >= 0.6 is 7.82 Å². The maximum absolute atomic E-state index is 12.6. The number of hydrogen-bond acceptors (Lipinski definition) is 7. The number of hydrogen-bond donors (Lipinski definition) is 0. The molecule has 2 unspecified atom stereocenters. The number of nitrogens with zero attached hydrogens (tertiary/aromatic N) is 1. The highest BCUT2D eigenvalue weighted by Crippen LogP contribution is 2.38. The molecule has 0 aliphatic heterocycles. The Bertz CT molecular complexity index is 1000. The summed E-state index contributed by atoms with van der Waals surface area (Å²) in [5, 5.41) is 0. The second-order valence-corrected chi connectivity index (χ2v) is 15.7. The lowest BCUT2D eigenvalue weighted by Crippen LogP contribution is -2.37. The summed E-state index contributed by atoms with van der Waals surface area (Å²) >= 11 is 0. The van der Waals surface area contributed by atoms with Gasteiger partial charge in [0.2, 0.25) is 0 Å². The Balaban J connectivity index is 4.31. The van der Waals surface area contributed by atoms with E-state index < -0.39 is 13.9 Å². The summed E-state index contributed by atoms with van der Waals surface area (Å²) in [6.07, 6.45) is 42.3. The van der Waals surface area contributed by atoms with E-state index in [1.54, 1.807) is 0 Å². The van der Waals surface area contributed by atoms with Crippen LogP contribution in [0.15, 0.2) is 60.8 Å². The molecule has 0 aliphatic carbocycles. The molecule has 0 fully saturated rings. The van der Waals surface area contributed by atoms with E-state index in [-0.39, 0.29) is 25.8 Å². The molecule has 0 saturated heterocycles. The van der Waals surface area contributed by atoms with E-state index in [2.05, 4.69) is 74.6 Å². The van der Waals surface area contributed by atoms with E-state index >= 15 is 0 Å². The van der Waals surface area contributed by atoms with Gasteiger partial charge < -0.3 is 27.9 Å². The van der Waals surface area contributed by atoms with Crippen LogP contribution in [0.1, 0.15) is 142 Å². The minimum Gasteiger partial charge on any atom is -0.756 e. The van der Waals surface area contributed by atoms with Gasteiger partial charge in [0.25, 0.3) is 7.82 Å². The fourth-order valence-electron chi connectivity index (χ4n) is 4.93. The van der Waals surface area contributed by atoms with Crippen LogP contribution in [0.3, 0.4) is 0 Å². The molecular formula is C42H76NO7P. The van der Waals surface area contributed by atoms with E-state index in [1.165, 1.54) is 38.5 Å². The molecular weight excluding hydrogens is 661 g/mol. The molecule has 0 aromatic heterocycles. The average molecular weight is 738 g/mol. The lowest BCUT2D eigenvalue weighted by atomic mass is 10.1. The zero-order valence-electron chi connectivity index (χ0n) is 33.3. The number of likely N-dealkylation sites (N-methyl/N-ethyl adjacent to an activating group) is 1. The van der Waals surface area contributed by atoms with Crippen molar-refractivity contribution < 1.29 is 37.3 Å². The van der Waals surface area contributed by atoms with Gasteiger partial charge in [-0.2, -0.15) is 0 Å². The van der Waals surface area contributed by atoms with Crippen LogP contribution in [-0.2, 0) is 27.9 Å². The minimum absolute atomic E-state index is 0.0177. The molecule has 0 aromatic carbocycles. The second-order valence-electron chi connectivity index (χ2n) is 14.3. The first-order chi connectivity index (χ1) is 24.6. The van der Waals surface area contributed by atoms with Gasteiger partial charge in [0, 0.05) is 13.0 Å². The predicted octanol–water partition coefficient (Wildman–Crippen LogP) is 10.7. The van der Waals surface area contributed by atoms with Crippen molar-refractivity contribution in [1.82, 2.24) is 0 Å². The SMILES string of the molecule is CC/C=C\C/C=C\C/C=C\C/C=C\CCCCCCCOCC(COP(=O)([O-])OCC[N+](C)(C)C)OC(=O)CCCCCCC/C=C\CCCC. The molecule has 8 nitrogen and oxygen atoms in total. The molecule has 296 valence electrons. The van der Waals surface area contributed by atoms with E-state index in [4.69, 9.17) is 18.5 Å².